The highest BCUT2D eigenvalue weighted by molar-refractivity contribution is 5.94. The summed E-state index contributed by atoms with van der Waals surface area (Å²) in [6, 6.07) is 10.1. The Labute approximate surface area is 251 Å². The number of amides is 2. The number of piperidine rings is 1. The van der Waals surface area contributed by atoms with Gasteiger partial charge in [-0.05, 0) is 93.3 Å². The number of ether oxygens (including phenoxy) is 1. The van der Waals surface area contributed by atoms with Gasteiger partial charge in [0.1, 0.15) is 17.4 Å². The number of ketones is 1. The first kappa shape index (κ1) is 31.1. The molecule has 1 saturated carbocycles. The number of nitrogens with one attached hydrogen (secondary N) is 2. The Morgan fingerprint density at radius 3 is 2.25 bits per heavy atom. The van der Waals surface area contributed by atoms with E-state index in [1.165, 1.54) is 36.5 Å². The average Bonchev–Trinajstić information content (AvgIpc) is 3.80. The van der Waals surface area contributed by atoms with Crippen molar-refractivity contribution in [3.63, 3.8) is 0 Å². The molecule has 0 atom stereocenters. The maximum atomic E-state index is 14.9. The van der Waals surface area contributed by atoms with Crippen LogP contribution in [0, 0.1) is 17.7 Å². The molecule has 5 rings (SSSR count). The van der Waals surface area contributed by atoms with Gasteiger partial charge >= 0.3 is 6.18 Å². The van der Waals surface area contributed by atoms with E-state index in [1.807, 2.05) is 7.05 Å². The molecule has 0 radical (unpaired) electrons. The van der Waals surface area contributed by atoms with Crippen molar-refractivity contribution in [1.29, 1.82) is 0 Å². The van der Waals surface area contributed by atoms with Crippen molar-refractivity contribution in [1.82, 2.24) is 9.88 Å². The smallest absolute Gasteiger partial charge is 0.416 e. The first-order valence-electron chi connectivity index (χ1n) is 14.4. The maximum absolute atomic E-state index is 14.9. The lowest BCUT2D eigenvalue weighted by atomic mass is 9.96. The predicted molar refractivity (Wildman–Crippen MR) is 155 cm³/mol. The molecule has 232 valence electrons. The third-order valence-electron chi connectivity index (χ3n) is 7.63. The molecular formula is C32H32F4N4O4. The van der Waals surface area contributed by atoms with Gasteiger partial charge in [0, 0.05) is 42.6 Å². The lowest BCUT2D eigenvalue weighted by Crippen LogP contribution is -2.36. The minimum atomic E-state index is -4.68. The van der Waals surface area contributed by atoms with Crippen LogP contribution in [-0.4, -0.2) is 47.6 Å². The van der Waals surface area contributed by atoms with Crippen molar-refractivity contribution in [2.75, 3.05) is 30.8 Å². The second-order valence-corrected chi connectivity index (χ2v) is 11.4. The first-order chi connectivity index (χ1) is 20.9. The van der Waals surface area contributed by atoms with E-state index in [9.17, 15) is 31.9 Å². The number of anilines is 2. The van der Waals surface area contributed by atoms with E-state index >= 15 is 0 Å². The van der Waals surface area contributed by atoms with Crippen molar-refractivity contribution < 1.29 is 36.7 Å². The number of carbonyl (C=O) groups excluding carboxylic acids is 3. The highest BCUT2D eigenvalue weighted by Crippen LogP contribution is 2.33. The first-order valence-corrected chi connectivity index (χ1v) is 14.4. The summed E-state index contributed by atoms with van der Waals surface area (Å²) in [6.45, 7) is 1.44. The Morgan fingerprint density at radius 1 is 0.886 bits per heavy atom. The van der Waals surface area contributed by atoms with Crippen LogP contribution >= 0.6 is 0 Å². The summed E-state index contributed by atoms with van der Waals surface area (Å²) in [5.74, 6) is -1.56. The quantitative estimate of drug-likeness (QED) is 0.272. The number of aromatic nitrogens is 1. The highest BCUT2D eigenvalue weighted by atomic mass is 19.4. The number of halogens is 4. The molecule has 44 heavy (non-hydrogen) atoms. The molecule has 2 heterocycles. The SMILES string of the molecule is CN1CCC(C(=O)Nc2cc(CC(=O)Cc3ccc(Oc4ccnc(NC(=O)C5CC5)c4)c(F)c3)cc(C(F)(F)F)c2)CC1. The van der Waals surface area contributed by atoms with Crippen LogP contribution in [0.1, 0.15) is 42.4 Å². The molecule has 0 bridgehead atoms. The van der Waals surface area contributed by atoms with Gasteiger partial charge in [-0.2, -0.15) is 13.2 Å². The van der Waals surface area contributed by atoms with Crippen LogP contribution in [0.25, 0.3) is 0 Å². The van der Waals surface area contributed by atoms with E-state index in [1.54, 1.807) is 0 Å². The summed E-state index contributed by atoms with van der Waals surface area (Å²) in [5, 5.41) is 5.29. The summed E-state index contributed by atoms with van der Waals surface area (Å²) in [5.41, 5.74) is -0.591. The zero-order valence-corrected chi connectivity index (χ0v) is 24.0. The van der Waals surface area contributed by atoms with E-state index in [0.29, 0.717) is 18.4 Å². The standard InChI is InChI=1S/C32H32F4N4O4/c1-40-10-7-22(8-11-40)30(42)38-24-13-20(12-23(17-24)32(34,35)36)15-25(41)14-19-2-5-28(27(33)16-19)44-26-6-9-37-29(18-26)39-31(43)21-3-4-21/h2,5-6,9,12-13,16-18,21-22H,3-4,7-8,10-11,14-15H2,1H3,(H,38,42)(H,37,39,43). The molecule has 0 spiro atoms. The minimum Gasteiger partial charge on any atom is -0.454 e. The summed E-state index contributed by atoms with van der Waals surface area (Å²) in [7, 11) is 1.94. The molecule has 1 aliphatic heterocycles. The van der Waals surface area contributed by atoms with Gasteiger partial charge in [-0.3, -0.25) is 14.4 Å². The number of pyridine rings is 1. The Balaban J connectivity index is 1.22. The third-order valence-corrected chi connectivity index (χ3v) is 7.63. The van der Waals surface area contributed by atoms with Crippen molar-refractivity contribution in [3.05, 3.63) is 77.2 Å². The number of alkyl halides is 3. The molecule has 1 aromatic heterocycles. The number of hydrogen-bond acceptors (Lipinski definition) is 6. The van der Waals surface area contributed by atoms with Gasteiger partial charge in [-0.1, -0.05) is 6.07 Å². The third kappa shape index (κ3) is 8.40. The van der Waals surface area contributed by atoms with Crippen LogP contribution in [0.4, 0.5) is 29.1 Å². The Morgan fingerprint density at radius 2 is 1.57 bits per heavy atom. The van der Waals surface area contributed by atoms with Gasteiger partial charge in [0.05, 0.1) is 5.56 Å². The molecule has 2 aliphatic rings. The van der Waals surface area contributed by atoms with Gasteiger partial charge in [0.2, 0.25) is 11.8 Å². The zero-order valence-electron chi connectivity index (χ0n) is 24.0. The number of nitrogens with zero attached hydrogens (tertiary/aromatic N) is 2. The molecule has 0 unspecified atom stereocenters. The van der Waals surface area contributed by atoms with Crippen molar-refractivity contribution in [3.8, 4) is 11.5 Å². The Bertz CT molecular complexity index is 1550. The summed E-state index contributed by atoms with van der Waals surface area (Å²) in [4.78, 5) is 43.7. The summed E-state index contributed by atoms with van der Waals surface area (Å²) >= 11 is 0. The van der Waals surface area contributed by atoms with Gasteiger partial charge in [0.15, 0.2) is 11.6 Å². The molecule has 2 fully saturated rings. The monoisotopic (exact) mass is 612 g/mol. The second-order valence-electron chi connectivity index (χ2n) is 11.4. The molecular weight excluding hydrogens is 580 g/mol. The molecule has 8 nitrogen and oxygen atoms in total. The molecule has 1 aliphatic carbocycles. The van der Waals surface area contributed by atoms with Gasteiger partial charge in [-0.25, -0.2) is 9.37 Å². The number of carbonyl (C=O) groups is 3. The summed E-state index contributed by atoms with van der Waals surface area (Å²) in [6.07, 6.45) is -0.944. The van der Waals surface area contributed by atoms with E-state index < -0.39 is 23.3 Å². The largest absolute Gasteiger partial charge is 0.454 e. The molecule has 2 N–H and O–H groups in total. The summed E-state index contributed by atoms with van der Waals surface area (Å²) < 4.78 is 61.4. The normalized spacial score (nSPS) is 15.9. The molecule has 1 saturated heterocycles. The van der Waals surface area contributed by atoms with Crippen LogP contribution in [0.15, 0.2) is 54.7 Å². The van der Waals surface area contributed by atoms with Crippen molar-refractivity contribution in [2.24, 2.45) is 11.8 Å². The number of hydrogen-bond donors (Lipinski definition) is 2. The van der Waals surface area contributed by atoms with Crippen molar-refractivity contribution in [2.45, 2.75) is 44.7 Å². The van der Waals surface area contributed by atoms with E-state index in [2.05, 4.69) is 20.5 Å². The molecule has 2 aromatic carbocycles. The fourth-order valence-corrected chi connectivity index (χ4v) is 5.04. The van der Waals surface area contributed by atoms with Gasteiger partial charge in [0.25, 0.3) is 0 Å². The average molecular weight is 613 g/mol. The molecule has 2 amide bonds. The van der Waals surface area contributed by atoms with Crippen LogP contribution in [-0.2, 0) is 33.4 Å². The topological polar surface area (TPSA) is 101 Å². The lowest BCUT2D eigenvalue weighted by Gasteiger charge is -2.28. The highest BCUT2D eigenvalue weighted by Gasteiger charge is 2.32. The van der Waals surface area contributed by atoms with E-state index in [-0.39, 0.29) is 65.1 Å². The second kappa shape index (κ2) is 13.1. The molecule has 12 heteroatoms. The van der Waals surface area contributed by atoms with Crippen molar-refractivity contribution >= 4 is 29.1 Å². The van der Waals surface area contributed by atoms with Crippen LogP contribution in [0.3, 0.4) is 0 Å². The Hall–Kier alpha value is -4.32. The molecule has 3 aromatic rings. The number of likely N-dealkylation sites (tertiary alicyclic amines) is 1. The fourth-order valence-electron chi connectivity index (χ4n) is 5.04. The number of Topliss-reactive ketones (excluding diaryl/α,β-unsaturated/α-hetero) is 1. The van der Waals surface area contributed by atoms with Gasteiger partial charge in [-0.15, -0.1) is 0 Å². The zero-order chi connectivity index (χ0) is 31.4. The number of rotatable bonds is 10. The minimum absolute atomic E-state index is 0.0143. The number of benzene rings is 2. The van der Waals surface area contributed by atoms with Crippen LogP contribution in [0.5, 0.6) is 11.5 Å². The lowest BCUT2D eigenvalue weighted by molar-refractivity contribution is -0.137. The predicted octanol–water partition coefficient (Wildman–Crippen LogP) is 6.01. The van der Waals surface area contributed by atoms with Gasteiger partial charge < -0.3 is 20.3 Å². The fraction of sp³-hybridized carbons (Fsp3) is 0.375. The van der Waals surface area contributed by atoms with E-state index in [4.69, 9.17) is 4.74 Å². The van der Waals surface area contributed by atoms with Crippen LogP contribution in [0.2, 0.25) is 0 Å². The maximum Gasteiger partial charge on any atom is 0.416 e. The van der Waals surface area contributed by atoms with E-state index in [0.717, 1.165) is 44.1 Å². The Kier molecular flexibility index (Phi) is 9.28. The van der Waals surface area contributed by atoms with Crippen LogP contribution < -0.4 is 15.4 Å².